The number of ketones is 1. The molecule has 0 saturated carbocycles. The normalized spacial score (nSPS) is 17.9. The molecule has 1 unspecified atom stereocenters. The first-order valence-corrected chi connectivity index (χ1v) is 9.85. The molecule has 0 radical (unpaired) electrons. The highest BCUT2D eigenvalue weighted by Crippen LogP contribution is 2.44. The number of aryl methyl sites for hydroxylation is 1. The van der Waals surface area contributed by atoms with Crippen molar-refractivity contribution >= 4 is 29.0 Å². The van der Waals surface area contributed by atoms with Gasteiger partial charge in [0.05, 0.1) is 18.7 Å². The SMILES string of the molecule is Cc1ccccc1CN1C(=O)C(O)(CC(=O)c2ccc(F)cc2)c2cc(Cl)ccc21. The molecule has 1 atom stereocenters. The fourth-order valence-corrected chi connectivity index (χ4v) is 3.95. The summed E-state index contributed by atoms with van der Waals surface area (Å²) in [6, 6.07) is 17.5. The maximum Gasteiger partial charge on any atom is 0.264 e. The molecule has 3 aromatic carbocycles. The highest BCUT2D eigenvalue weighted by molar-refractivity contribution is 6.31. The van der Waals surface area contributed by atoms with Crippen LogP contribution in [-0.2, 0) is 16.9 Å². The van der Waals surface area contributed by atoms with Crippen molar-refractivity contribution in [1.29, 1.82) is 0 Å². The summed E-state index contributed by atoms with van der Waals surface area (Å²) >= 11 is 6.13. The zero-order chi connectivity index (χ0) is 21.5. The second-order valence-corrected chi connectivity index (χ2v) is 7.88. The predicted molar refractivity (Wildman–Crippen MR) is 113 cm³/mol. The molecular weight excluding hydrogens is 405 g/mol. The fourth-order valence-electron chi connectivity index (χ4n) is 3.78. The fraction of sp³-hybridized carbons (Fsp3) is 0.167. The van der Waals surface area contributed by atoms with Crippen molar-refractivity contribution < 1.29 is 19.1 Å². The molecule has 0 saturated heterocycles. The van der Waals surface area contributed by atoms with Gasteiger partial charge in [0.2, 0.25) is 0 Å². The van der Waals surface area contributed by atoms with E-state index in [0.717, 1.165) is 11.1 Å². The van der Waals surface area contributed by atoms with Crippen molar-refractivity contribution in [1.82, 2.24) is 0 Å². The first-order valence-electron chi connectivity index (χ1n) is 9.47. The van der Waals surface area contributed by atoms with Crippen LogP contribution >= 0.6 is 11.6 Å². The Labute approximate surface area is 178 Å². The lowest BCUT2D eigenvalue weighted by Crippen LogP contribution is -2.41. The van der Waals surface area contributed by atoms with E-state index >= 15 is 0 Å². The first kappa shape index (κ1) is 20.3. The molecule has 1 aliphatic heterocycles. The molecule has 152 valence electrons. The van der Waals surface area contributed by atoms with Crippen LogP contribution in [0, 0.1) is 12.7 Å². The molecule has 0 bridgehead atoms. The summed E-state index contributed by atoms with van der Waals surface area (Å²) < 4.78 is 13.2. The summed E-state index contributed by atoms with van der Waals surface area (Å²) in [4.78, 5) is 27.6. The summed E-state index contributed by atoms with van der Waals surface area (Å²) in [6.45, 7) is 2.20. The monoisotopic (exact) mass is 423 g/mol. The van der Waals surface area contributed by atoms with E-state index in [4.69, 9.17) is 11.6 Å². The zero-order valence-electron chi connectivity index (χ0n) is 16.2. The largest absolute Gasteiger partial charge is 0.375 e. The van der Waals surface area contributed by atoms with Crippen LogP contribution in [-0.4, -0.2) is 16.8 Å². The molecule has 0 spiro atoms. The van der Waals surface area contributed by atoms with Crippen molar-refractivity contribution in [3.63, 3.8) is 0 Å². The number of rotatable bonds is 5. The minimum Gasteiger partial charge on any atom is -0.375 e. The van der Waals surface area contributed by atoms with Crippen LogP contribution in [0.5, 0.6) is 0 Å². The Morgan fingerprint density at radius 3 is 2.50 bits per heavy atom. The second-order valence-electron chi connectivity index (χ2n) is 7.45. The van der Waals surface area contributed by atoms with Crippen molar-refractivity contribution in [2.45, 2.75) is 25.5 Å². The van der Waals surface area contributed by atoms with Gasteiger partial charge in [0.25, 0.3) is 5.91 Å². The van der Waals surface area contributed by atoms with Crippen molar-refractivity contribution in [2.24, 2.45) is 0 Å². The topological polar surface area (TPSA) is 57.6 Å². The van der Waals surface area contributed by atoms with Crippen LogP contribution in [0.4, 0.5) is 10.1 Å². The molecule has 3 aromatic rings. The maximum atomic E-state index is 13.4. The van der Waals surface area contributed by atoms with E-state index in [2.05, 4.69) is 0 Å². The maximum absolute atomic E-state index is 13.4. The first-order chi connectivity index (χ1) is 14.3. The van der Waals surface area contributed by atoms with E-state index in [1.807, 2.05) is 31.2 Å². The number of aliphatic hydroxyl groups is 1. The number of nitrogens with zero attached hydrogens (tertiary/aromatic N) is 1. The summed E-state index contributed by atoms with van der Waals surface area (Å²) in [5, 5.41) is 11.7. The number of carbonyl (C=O) groups excluding carboxylic acids is 2. The molecule has 6 heteroatoms. The Hall–Kier alpha value is -3.02. The van der Waals surface area contributed by atoms with Gasteiger partial charge in [0.15, 0.2) is 11.4 Å². The minimum absolute atomic E-state index is 0.221. The Kier molecular flexibility index (Phi) is 5.18. The van der Waals surface area contributed by atoms with Gasteiger partial charge in [-0.1, -0.05) is 35.9 Å². The summed E-state index contributed by atoms with van der Waals surface area (Å²) in [7, 11) is 0. The van der Waals surface area contributed by atoms with Crippen molar-refractivity contribution in [2.75, 3.05) is 4.90 Å². The molecule has 1 aliphatic rings. The highest BCUT2D eigenvalue weighted by Gasteiger charge is 2.51. The third-order valence-corrected chi connectivity index (χ3v) is 5.70. The number of hydrogen-bond acceptors (Lipinski definition) is 3. The lowest BCUT2D eigenvalue weighted by atomic mass is 9.88. The van der Waals surface area contributed by atoms with Gasteiger partial charge in [-0.2, -0.15) is 0 Å². The molecule has 1 heterocycles. The van der Waals surface area contributed by atoms with E-state index in [-0.39, 0.29) is 12.1 Å². The van der Waals surface area contributed by atoms with Gasteiger partial charge in [-0.25, -0.2) is 4.39 Å². The van der Waals surface area contributed by atoms with E-state index in [0.29, 0.717) is 16.3 Å². The van der Waals surface area contributed by atoms with Crippen LogP contribution in [0.1, 0.15) is 33.5 Å². The van der Waals surface area contributed by atoms with Crippen LogP contribution in [0.15, 0.2) is 66.7 Å². The standard InChI is InChI=1S/C24H19ClFNO3/c1-15-4-2-3-5-17(15)14-27-21-11-8-18(25)12-20(21)24(30,23(27)29)13-22(28)16-6-9-19(26)10-7-16/h2-12,30H,13-14H2,1H3. The van der Waals surface area contributed by atoms with Crippen molar-refractivity contribution in [3.8, 4) is 0 Å². The number of carbonyl (C=O) groups is 2. The predicted octanol–water partition coefficient (Wildman–Crippen LogP) is 4.79. The highest BCUT2D eigenvalue weighted by atomic mass is 35.5. The van der Waals surface area contributed by atoms with Crippen molar-refractivity contribution in [3.05, 3.63) is 99.8 Å². The molecule has 4 nitrogen and oxygen atoms in total. The third-order valence-electron chi connectivity index (χ3n) is 5.47. The molecule has 1 N–H and O–H groups in total. The number of benzene rings is 3. The lowest BCUT2D eigenvalue weighted by Gasteiger charge is -2.23. The molecular formula is C24H19ClFNO3. The van der Waals surface area contributed by atoms with E-state index in [9.17, 15) is 19.1 Å². The van der Waals surface area contributed by atoms with Gasteiger partial charge in [-0.05, 0) is 60.5 Å². The Morgan fingerprint density at radius 1 is 1.10 bits per heavy atom. The Morgan fingerprint density at radius 2 is 1.80 bits per heavy atom. The number of hydrogen-bond donors (Lipinski definition) is 1. The number of fused-ring (bicyclic) bond motifs is 1. The average molecular weight is 424 g/mol. The molecule has 0 aromatic heterocycles. The molecule has 4 rings (SSSR count). The van der Waals surface area contributed by atoms with Crippen LogP contribution in [0.25, 0.3) is 0 Å². The number of Topliss-reactive ketones (excluding diaryl/α,β-unsaturated/α-hetero) is 1. The number of halogens is 2. The smallest absolute Gasteiger partial charge is 0.264 e. The zero-order valence-corrected chi connectivity index (χ0v) is 17.0. The van der Waals surface area contributed by atoms with E-state index < -0.39 is 29.5 Å². The lowest BCUT2D eigenvalue weighted by molar-refractivity contribution is -0.136. The van der Waals surface area contributed by atoms with Gasteiger partial charge in [-0.15, -0.1) is 0 Å². The van der Waals surface area contributed by atoms with Gasteiger partial charge >= 0.3 is 0 Å². The molecule has 0 fully saturated rings. The van der Waals surface area contributed by atoms with Gasteiger partial charge in [0.1, 0.15) is 5.82 Å². The minimum atomic E-state index is -2.05. The van der Waals surface area contributed by atoms with Crippen LogP contribution in [0.2, 0.25) is 5.02 Å². The molecule has 0 aliphatic carbocycles. The van der Waals surface area contributed by atoms with E-state index in [1.165, 1.54) is 35.2 Å². The van der Waals surface area contributed by atoms with Crippen LogP contribution in [0.3, 0.4) is 0 Å². The van der Waals surface area contributed by atoms with Gasteiger partial charge < -0.3 is 10.0 Å². The Bertz CT molecular complexity index is 1150. The second kappa shape index (κ2) is 7.67. The average Bonchev–Trinajstić information content (AvgIpc) is 2.91. The van der Waals surface area contributed by atoms with Crippen LogP contribution < -0.4 is 4.90 Å². The summed E-state index contributed by atoms with van der Waals surface area (Å²) in [6.07, 6.45) is -0.463. The van der Waals surface area contributed by atoms with Gasteiger partial charge in [-0.3, -0.25) is 9.59 Å². The summed E-state index contributed by atoms with van der Waals surface area (Å²) in [5.74, 6) is -1.52. The summed E-state index contributed by atoms with van der Waals surface area (Å²) in [5.41, 5.74) is 0.929. The number of anilines is 1. The third kappa shape index (κ3) is 3.51. The molecule has 30 heavy (non-hydrogen) atoms. The number of amides is 1. The van der Waals surface area contributed by atoms with E-state index in [1.54, 1.807) is 12.1 Å². The quantitative estimate of drug-likeness (QED) is 0.600. The molecule has 1 amide bonds. The van der Waals surface area contributed by atoms with Gasteiger partial charge in [0, 0.05) is 16.1 Å². The Balaban J connectivity index is 1.72.